The highest BCUT2D eigenvalue weighted by Gasteiger charge is 2.04. The van der Waals surface area contributed by atoms with Crippen LogP contribution >= 0.6 is 11.3 Å². The van der Waals surface area contributed by atoms with E-state index in [1.165, 1.54) is 0 Å². The fraction of sp³-hybridized carbons (Fsp3) is 0.154. The first-order chi connectivity index (χ1) is 8.29. The quantitative estimate of drug-likeness (QED) is 0.871. The first kappa shape index (κ1) is 11.7. The van der Waals surface area contributed by atoms with Crippen LogP contribution in [-0.4, -0.2) is 13.0 Å². The molecule has 0 aliphatic carbocycles. The fourth-order valence-electron chi connectivity index (χ4n) is 1.47. The maximum Gasteiger partial charge on any atom is 0.251 e. The normalized spacial score (nSPS) is 9.94. The molecule has 0 saturated heterocycles. The Morgan fingerprint density at radius 1 is 1.24 bits per heavy atom. The Balaban J connectivity index is 1.95. The number of anilines is 1. The molecule has 0 aliphatic heterocycles. The van der Waals surface area contributed by atoms with E-state index in [-0.39, 0.29) is 5.91 Å². The van der Waals surface area contributed by atoms with Gasteiger partial charge in [-0.3, -0.25) is 4.79 Å². The van der Waals surface area contributed by atoms with Gasteiger partial charge in [0.25, 0.3) is 5.91 Å². The number of carbonyl (C=O) groups excluding carboxylic acids is 1. The Morgan fingerprint density at radius 3 is 2.59 bits per heavy atom. The molecule has 1 aromatic heterocycles. The minimum atomic E-state index is -0.0407. The molecule has 88 valence electrons. The summed E-state index contributed by atoms with van der Waals surface area (Å²) in [4.78, 5) is 13.0. The molecule has 2 N–H and O–H groups in total. The summed E-state index contributed by atoms with van der Waals surface area (Å²) in [6.07, 6.45) is 0. The van der Waals surface area contributed by atoms with Gasteiger partial charge in [-0.25, -0.2) is 0 Å². The number of nitrogens with one attached hydrogen (secondary N) is 2. The maximum absolute atomic E-state index is 11.8. The standard InChI is InChI=1S/C13H14N2OS/c1-14-11-6-4-10(5-7-11)13(16)15-9-12-3-2-8-17-12/h2-8,14H,9H2,1H3,(H,15,16). The third-order valence-electron chi connectivity index (χ3n) is 2.44. The van der Waals surface area contributed by atoms with Crippen molar-refractivity contribution in [3.05, 3.63) is 52.2 Å². The molecule has 2 rings (SSSR count). The molecule has 0 saturated carbocycles. The topological polar surface area (TPSA) is 41.1 Å². The Morgan fingerprint density at radius 2 is 2.00 bits per heavy atom. The second-order valence-electron chi connectivity index (χ2n) is 3.59. The number of carbonyl (C=O) groups is 1. The van der Waals surface area contributed by atoms with Crippen molar-refractivity contribution in [2.45, 2.75) is 6.54 Å². The SMILES string of the molecule is CNc1ccc(C(=O)NCc2cccs2)cc1. The van der Waals surface area contributed by atoms with E-state index < -0.39 is 0 Å². The highest BCUT2D eigenvalue weighted by Crippen LogP contribution is 2.10. The smallest absolute Gasteiger partial charge is 0.251 e. The molecule has 1 aromatic carbocycles. The van der Waals surface area contributed by atoms with Crippen molar-refractivity contribution >= 4 is 22.9 Å². The lowest BCUT2D eigenvalue weighted by molar-refractivity contribution is 0.0951. The van der Waals surface area contributed by atoms with Crippen molar-refractivity contribution in [3.63, 3.8) is 0 Å². The predicted molar refractivity (Wildman–Crippen MR) is 71.5 cm³/mol. The van der Waals surface area contributed by atoms with E-state index >= 15 is 0 Å². The van der Waals surface area contributed by atoms with Crippen molar-refractivity contribution in [3.8, 4) is 0 Å². The second-order valence-corrected chi connectivity index (χ2v) is 4.62. The van der Waals surface area contributed by atoms with E-state index in [4.69, 9.17) is 0 Å². The van der Waals surface area contributed by atoms with Crippen LogP contribution in [0.3, 0.4) is 0 Å². The van der Waals surface area contributed by atoms with Crippen molar-refractivity contribution in [1.82, 2.24) is 5.32 Å². The Hall–Kier alpha value is -1.81. The zero-order valence-corrected chi connectivity index (χ0v) is 10.4. The van der Waals surface area contributed by atoms with Crippen LogP contribution in [0.15, 0.2) is 41.8 Å². The number of thiophene rings is 1. The Kier molecular flexibility index (Phi) is 3.77. The van der Waals surface area contributed by atoms with Gasteiger partial charge in [0.2, 0.25) is 0 Å². The lowest BCUT2D eigenvalue weighted by Crippen LogP contribution is -2.22. The minimum absolute atomic E-state index is 0.0407. The van der Waals surface area contributed by atoms with Gasteiger partial charge in [-0.05, 0) is 35.7 Å². The van der Waals surface area contributed by atoms with E-state index in [1.54, 1.807) is 11.3 Å². The molecule has 0 radical (unpaired) electrons. The molecule has 17 heavy (non-hydrogen) atoms. The van der Waals surface area contributed by atoms with Crippen LogP contribution in [-0.2, 0) is 6.54 Å². The maximum atomic E-state index is 11.8. The Bertz CT molecular complexity index is 477. The largest absolute Gasteiger partial charge is 0.388 e. The summed E-state index contributed by atoms with van der Waals surface area (Å²) < 4.78 is 0. The second kappa shape index (κ2) is 5.50. The van der Waals surface area contributed by atoms with Crippen LogP contribution in [0.5, 0.6) is 0 Å². The van der Waals surface area contributed by atoms with E-state index in [9.17, 15) is 4.79 Å². The summed E-state index contributed by atoms with van der Waals surface area (Å²) in [5.41, 5.74) is 1.68. The van der Waals surface area contributed by atoms with Gasteiger partial charge in [0.1, 0.15) is 0 Å². The van der Waals surface area contributed by atoms with Gasteiger partial charge in [-0.1, -0.05) is 6.07 Å². The van der Waals surface area contributed by atoms with E-state index in [0.29, 0.717) is 12.1 Å². The van der Waals surface area contributed by atoms with E-state index in [2.05, 4.69) is 10.6 Å². The van der Waals surface area contributed by atoms with Crippen molar-refractivity contribution in [2.75, 3.05) is 12.4 Å². The number of hydrogen-bond acceptors (Lipinski definition) is 3. The third kappa shape index (κ3) is 3.07. The lowest BCUT2D eigenvalue weighted by atomic mass is 10.2. The van der Waals surface area contributed by atoms with Gasteiger partial charge in [0.15, 0.2) is 0 Å². The van der Waals surface area contributed by atoms with Crippen LogP contribution in [0.4, 0.5) is 5.69 Å². The van der Waals surface area contributed by atoms with Gasteiger partial charge in [-0.2, -0.15) is 0 Å². The van der Waals surface area contributed by atoms with Crippen LogP contribution < -0.4 is 10.6 Å². The van der Waals surface area contributed by atoms with Crippen LogP contribution in [0.2, 0.25) is 0 Å². The van der Waals surface area contributed by atoms with Crippen LogP contribution in [0.1, 0.15) is 15.2 Å². The highest BCUT2D eigenvalue weighted by molar-refractivity contribution is 7.09. The van der Waals surface area contributed by atoms with Crippen molar-refractivity contribution in [2.24, 2.45) is 0 Å². The molecule has 0 aliphatic rings. The molecule has 4 heteroatoms. The number of amides is 1. The monoisotopic (exact) mass is 246 g/mol. The average Bonchev–Trinajstić information content (AvgIpc) is 2.89. The van der Waals surface area contributed by atoms with Gasteiger partial charge >= 0.3 is 0 Å². The molecular weight excluding hydrogens is 232 g/mol. The lowest BCUT2D eigenvalue weighted by Gasteiger charge is -2.05. The molecular formula is C13H14N2OS. The number of hydrogen-bond donors (Lipinski definition) is 2. The summed E-state index contributed by atoms with van der Waals surface area (Å²) in [6.45, 7) is 0.588. The molecule has 1 amide bonds. The molecule has 0 atom stereocenters. The first-order valence-electron chi connectivity index (χ1n) is 5.38. The average molecular weight is 246 g/mol. The van der Waals surface area contributed by atoms with Crippen LogP contribution in [0.25, 0.3) is 0 Å². The molecule has 0 fully saturated rings. The van der Waals surface area contributed by atoms with Gasteiger partial charge in [0.05, 0.1) is 6.54 Å². The molecule has 2 aromatic rings. The highest BCUT2D eigenvalue weighted by atomic mass is 32.1. The van der Waals surface area contributed by atoms with Gasteiger partial charge in [0, 0.05) is 23.2 Å². The summed E-state index contributed by atoms with van der Waals surface area (Å²) in [5.74, 6) is -0.0407. The van der Waals surface area contributed by atoms with Crippen molar-refractivity contribution in [1.29, 1.82) is 0 Å². The summed E-state index contributed by atoms with van der Waals surface area (Å²) in [7, 11) is 1.85. The summed E-state index contributed by atoms with van der Waals surface area (Å²) in [6, 6.07) is 11.4. The fourth-order valence-corrected chi connectivity index (χ4v) is 2.12. The van der Waals surface area contributed by atoms with Gasteiger partial charge < -0.3 is 10.6 Å². The molecule has 3 nitrogen and oxygen atoms in total. The number of benzene rings is 1. The molecule has 0 unspecified atom stereocenters. The Labute approximate surface area is 104 Å². The third-order valence-corrected chi connectivity index (χ3v) is 3.32. The first-order valence-corrected chi connectivity index (χ1v) is 6.26. The predicted octanol–water partition coefficient (Wildman–Crippen LogP) is 2.72. The van der Waals surface area contributed by atoms with E-state index in [1.807, 2.05) is 48.8 Å². The minimum Gasteiger partial charge on any atom is -0.388 e. The molecule has 0 bridgehead atoms. The molecule has 1 heterocycles. The zero-order valence-electron chi connectivity index (χ0n) is 9.57. The van der Waals surface area contributed by atoms with Crippen molar-refractivity contribution < 1.29 is 4.79 Å². The number of rotatable bonds is 4. The zero-order chi connectivity index (χ0) is 12.1. The molecule has 0 spiro atoms. The van der Waals surface area contributed by atoms with Crippen LogP contribution in [0, 0.1) is 0 Å². The van der Waals surface area contributed by atoms with Gasteiger partial charge in [-0.15, -0.1) is 11.3 Å². The van der Waals surface area contributed by atoms with E-state index in [0.717, 1.165) is 10.6 Å². The summed E-state index contributed by atoms with van der Waals surface area (Å²) >= 11 is 1.64. The summed E-state index contributed by atoms with van der Waals surface area (Å²) in [5, 5.41) is 7.91.